The number of nitrogens with one attached hydrogen (secondary N) is 1. The topological polar surface area (TPSA) is 73.6 Å². The molecule has 0 fully saturated rings. The van der Waals surface area contributed by atoms with Crippen LogP contribution in [0.4, 0.5) is 4.79 Å². The minimum absolute atomic E-state index is 0.491. The first-order valence-electron chi connectivity index (χ1n) is 5.76. The van der Waals surface area contributed by atoms with Crippen molar-refractivity contribution in [2.75, 3.05) is 13.2 Å². The molecule has 3 N–H and O–H groups in total. The van der Waals surface area contributed by atoms with Crippen molar-refractivity contribution in [1.29, 1.82) is 0 Å². The Morgan fingerprint density at radius 3 is 2.38 bits per heavy atom. The first kappa shape index (κ1) is 15.2. The summed E-state index contributed by atoms with van der Waals surface area (Å²) < 4.78 is 4.99. The van der Waals surface area contributed by atoms with Crippen LogP contribution >= 0.6 is 0 Å². The third-order valence-electron chi connectivity index (χ3n) is 1.75. The van der Waals surface area contributed by atoms with Gasteiger partial charge in [0.15, 0.2) is 0 Å². The molecule has 0 aliphatic heterocycles. The molecule has 0 aliphatic rings. The maximum atomic E-state index is 11.1. The van der Waals surface area contributed by atoms with E-state index < -0.39 is 11.7 Å². The van der Waals surface area contributed by atoms with Gasteiger partial charge in [0.2, 0.25) is 0 Å². The number of nitrogens with two attached hydrogens (primary N) is 1. The minimum Gasteiger partial charge on any atom is -0.442 e. The molecule has 0 saturated carbocycles. The zero-order valence-electron chi connectivity index (χ0n) is 10.5. The number of amides is 1. The van der Waals surface area contributed by atoms with Crippen molar-refractivity contribution in [3.05, 3.63) is 0 Å². The van der Waals surface area contributed by atoms with Crippen molar-refractivity contribution in [2.45, 2.75) is 52.1 Å². The van der Waals surface area contributed by atoms with Crippen LogP contribution < -0.4 is 11.2 Å². The van der Waals surface area contributed by atoms with E-state index in [0.717, 1.165) is 32.2 Å². The number of rotatable bonds is 7. The molecule has 0 unspecified atom stereocenters. The maximum absolute atomic E-state index is 11.1. The standard InChI is InChI=1S/C11H24N2O3/c1-11(2,3)16-10(14)13-15-9-7-5-4-6-8-12/h4-9,12H2,1-3H3,(H,13,14). The maximum Gasteiger partial charge on any atom is 0.431 e. The molecule has 0 aromatic carbocycles. The van der Waals surface area contributed by atoms with Crippen molar-refractivity contribution < 1.29 is 14.4 Å². The number of carbonyl (C=O) groups excluding carboxylic acids is 1. The van der Waals surface area contributed by atoms with E-state index >= 15 is 0 Å². The molecule has 0 aromatic rings. The van der Waals surface area contributed by atoms with E-state index in [9.17, 15) is 4.79 Å². The molecular formula is C11H24N2O3. The lowest BCUT2D eigenvalue weighted by atomic mass is 10.2. The zero-order chi connectivity index (χ0) is 12.4. The Hall–Kier alpha value is -0.810. The van der Waals surface area contributed by atoms with Crippen LogP contribution in [0.5, 0.6) is 0 Å². The molecule has 0 saturated heterocycles. The molecule has 0 rings (SSSR count). The molecule has 5 nitrogen and oxygen atoms in total. The molecule has 5 heteroatoms. The lowest BCUT2D eigenvalue weighted by molar-refractivity contribution is -0.00859. The largest absolute Gasteiger partial charge is 0.442 e. The highest BCUT2D eigenvalue weighted by Crippen LogP contribution is 2.06. The molecule has 96 valence electrons. The van der Waals surface area contributed by atoms with Crippen LogP contribution in [0.15, 0.2) is 0 Å². The van der Waals surface area contributed by atoms with E-state index in [0.29, 0.717) is 6.61 Å². The van der Waals surface area contributed by atoms with Gasteiger partial charge in [-0.2, -0.15) is 5.48 Å². The van der Waals surface area contributed by atoms with Gasteiger partial charge >= 0.3 is 6.09 Å². The summed E-state index contributed by atoms with van der Waals surface area (Å²) in [6.45, 7) is 6.65. The van der Waals surface area contributed by atoms with Crippen molar-refractivity contribution in [3.8, 4) is 0 Å². The predicted octanol–water partition coefficient (Wildman–Crippen LogP) is 1.96. The van der Waals surface area contributed by atoms with Crippen LogP contribution in [0, 0.1) is 0 Å². The summed E-state index contributed by atoms with van der Waals surface area (Å²) in [4.78, 5) is 16.1. The van der Waals surface area contributed by atoms with Crippen molar-refractivity contribution in [2.24, 2.45) is 5.73 Å². The van der Waals surface area contributed by atoms with Gasteiger partial charge in [-0.25, -0.2) is 4.79 Å². The summed E-state index contributed by atoms with van der Waals surface area (Å²) >= 11 is 0. The third-order valence-corrected chi connectivity index (χ3v) is 1.75. The number of hydrogen-bond donors (Lipinski definition) is 2. The Bertz CT molecular complexity index is 190. The average Bonchev–Trinajstić information content (AvgIpc) is 2.13. The molecule has 16 heavy (non-hydrogen) atoms. The van der Waals surface area contributed by atoms with Crippen molar-refractivity contribution >= 4 is 6.09 Å². The second kappa shape index (κ2) is 8.35. The van der Waals surface area contributed by atoms with E-state index in [1.807, 2.05) is 0 Å². The van der Waals surface area contributed by atoms with Crippen LogP contribution in [-0.4, -0.2) is 24.8 Å². The van der Waals surface area contributed by atoms with Crippen molar-refractivity contribution in [1.82, 2.24) is 5.48 Å². The SMILES string of the molecule is CC(C)(C)OC(=O)NOCCCCCCN. The first-order valence-corrected chi connectivity index (χ1v) is 5.76. The average molecular weight is 232 g/mol. The van der Waals surface area contributed by atoms with E-state index in [1.165, 1.54) is 0 Å². The smallest absolute Gasteiger partial charge is 0.431 e. The first-order chi connectivity index (χ1) is 7.45. The lowest BCUT2D eigenvalue weighted by Crippen LogP contribution is -2.32. The van der Waals surface area contributed by atoms with Crippen molar-refractivity contribution in [3.63, 3.8) is 0 Å². The number of hydroxylamine groups is 1. The van der Waals surface area contributed by atoms with Crippen LogP contribution in [0.3, 0.4) is 0 Å². The monoisotopic (exact) mass is 232 g/mol. The summed E-state index contributed by atoms with van der Waals surface area (Å²) in [5.41, 5.74) is 7.12. The Kier molecular flexibility index (Phi) is 7.93. The number of unbranched alkanes of at least 4 members (excludes halogenated alkanes) is 3. The second-order valence-corrected chi connectivity index (χ2v) is 4.66. The molecule has 0 bridgehead atoms. The molecule has 0 spiro atoms. The minimum atomic E-state index is -0.547. The summed E-state index contributed by atoms with van der Waals surface area (Å²) in [5, 5.41) is 0. The van der Waals surface area contributed by atoms with Gasteiger partial charge in [-0.15, -0.1) is 0 Å². The van der Waals surface area contributed by atoms with Gasteiger partial charge < -0.3 is 10.5 Å². The number of hydrogen-bond acceptors (Lipinski definition) is 4. The van der Waals surface area contributed by atoms with Crippen LogP contribution in [0.1, 0.15) is 46.5 Å². The van der Waals surface area contributed by atoms with Gasteiger partial charge in [-0.05, 0) is 40.2 Å². The number of ether oxygens (including phenoxy) is 1. The Morgan fingerprint density at radius 2 is 1.81 bits per heavy atom. The molecule has 1 amide bonds. The zero-order valence-corrected chi connectivity index (χ0v) is 10.5. The normalized spacial score (nSPS) is 11.2. The highest BCUT2D eigenvalue weighted by Gasteiger charge is 2.15. The fraction of sp³-hybridized carbons (Fsp3) is 0.909. The Balaban J connectivity index is 3.28. The van der Waals surface area contributed by atoms with Crippen LogP contribution in [0.2, 0.25) is 0 Å². The quantitative estimate of drug-likeness (QED) is 0.520. The third kappa shape index (κ3) is 11.3. The van der Waals surface area contributed by atoms with Gasteiger partial charge in [0.05, 0.1) is 6.61 Å². The van der Waals surface area contributed by atoms with E-state index in [4.69, 9.17) is 15.3 Å². The van der Waals surface area contributed by atoms with Gasteiger partial charge in [0, 0.05) is 0 Å². The van der Waals surface area contributed by atoms with E-state index in [2.05, 4.69) is 5.48 Å². The molecule has 0 aromatic heterocycles. The lowest BCUT2D eigenvalue weighted by Gasteiger charge is -2.19. The summed E-state index contributed by atoms with van der Waals surface area (Å²) in [6.07, 6.45) is 3.57. The second-order valence-electron chi connectivity index (χ2n) is 4.66. The summed E-state index contributed by atoms with van der Waals surface area (Å²) in [6, 6.07) is 0. The Labute approximate surface area is 97.6 Å². The summed E-state index contributed by atoms with van der Waals surface area (Å²) in [7, 11) is 0. The van der Waals surface area contributed by atoms with E-state index in [-0.39, 0.29) is 0 Å². The summed E-state index contributed by atoms with van der Waals surface area (Å²) in [5.74, 6) is 0. The molecule has 0 heterocycles. The van der Waals surface area contributed by atoms with E-state index in [1.54, 1.807) is 20.8 Å². The fourth-order valence-electron chi connectivity index (χ4n) is 1.08. The molecule has 0 aliphatic carbocycles. The fourth-order valence-corrected chi connectivity index (χ4v) is 1.08. The number of carbonyl (C=O) groups is 1. The van der Waals surface area contributed by atoms with Crippen LogP contribution in [-0.2, 0) is 9.57 Å². The van der Waals surface area contributed by atoms with Gasteiger partial charge in [-0.1, -0.05) is 12.8 Å². The molecular weight excluding hydrogens is 208 g/mol. The molecule has 0 radical (unpaired) electrons. The predicted molar refractivity (Wildman–Crippen MR) is 62.8 cm³/mol. The van der Waals surface area contributed by atoms with Gasteiger partial charge in [0.25, 0.3) is 0 Å². The van der Waals surface area contributed by atoms with Gasteiger partial charge in [0.1, 0.15) is 5.60 Å². The highest BCUT2D eigenvalue weighted by molar-refractivity contribution is 5.66. The molecule has 0 atom stereocenters. The highest BCUT2D eigenvalue weighted by atomic mass is 16.7. The van der Waals surface area contributed by atoms with Crippen LogP contribution in [0.25, 0.3) is 0 Å². The van der Waals surface area contributed by atoms with Gasteiger partial charge in [-0.3, -0.25) is 4.84 Å². The Morgan fingerprint density at radius 1 is 1.19 bits per heavy atom.